The summed E-state index contributed by atoms with van der Waals surface area (Å²) in [5, 5.41) is 11.3. The van der Waals surface area contributed by atoms with Crippen LogP contribution in [-0.2, 0) is 0 Å². The van der Waals surface area contributed by atoms with Crippen molar-refractivity contribution in [1.29, 1.82) is 0 Å². The van der Waals surface area contributed by atoms with E-state index < -0.39 is 5.63 Å². The molecule has 1 unspecified atom stereocenters. The van der Waals surface area contributed by atoms with Crippen molar-refractivity contribution in [3.63, 3.8) is 0 Å². The second kappa shape index (κ2) is 7.64. The van der Waals surface area contributed by atoms with Crippen LogP contribution in [-0.4, -0.2) is 5.11 Å². The Kier molecular flexibility index (Phi) is 5.05. The largest absolute Gasteiger partial charge is 0.507 e. The standard InChI is InChI=1S/C24H19BrO3/c1-2-19(22-23(26)20-5-3-4-6-21(20)28-24(22)27)17-9-7-15(8-10-17)16-11-13-18(25)14-12-16/h3-14,19,26H,2H2,1H3. The van der Waals surface area contributed by atoms with E-state index in [9.17, 15) is 9.90 Å². The average molecular weight is 435 g/mol. The molecule has 4 rings (SSSR count). The molecule has 0 amide bonds. The molecule has 1 N–H and O–H groups in total. The van der Waals surface area contributed by atoms with Crippen molar-refractivity contribution < 1.29 is 9.52 Å². The van der Waals surface area contributed by atoms with Crippen molar-refractivity contribution >= 4 is 26.9 Å². The Bertz CT molecular complexity index is 1180. The molecule has 1 aromatic heterocycles. The van der Waals surface area contributed by atoms with Gasteiger partial charge in [0, 0.05) is 10.4 Å². The van der Waals surface area contributed by atoms with Crippen LogP contribution in [0.5, 0.6) is 5.75 Å². The molecular weight excluding hydrogens is 416 g/mol. The fraction of sp³-hybridized carbons (Fsp3) is 0.125. The zero-order valence-corrected chi connectivity index (χ0v) is 16.9. The van der Waals surface area contributed by atoms with Gasteiger partial charge in [0.2, 0.25) is 0 Å². The van der Waals surface area contributed by atoms with Crippen molar-refractivity contribution in [1.82, 2.24) is 0 Å². The van der Waals surface area contributed by atoms with E-state index >= 15 is 0 Å². The molecule has 0 bridgehead atoms. The van der Waals surface area contributed by atoms with E-state index in [1.165, 1.54) is 0 Å². The monoisotopic (exact) mass is 434 g/mol. The van der Waals surface area contributed by atoms with Gasteiger partial charge in [0.25, 0.3) is 0 Å². The summed E-state index contributed by atoms with van der Waals surface area (Å²) < 4.78 is 6.50. The highest BCUT2D eigenvalue weighted by Crippen LogP contribution is 2.36. The molecule has 0 aliphatic carbocycles. The van der Waals surface area contributed by atoms with Gasteiger partial charge >= 0.3 is 5.63 Å². The Morgan fingerprint density at radius 3 is 2.18 bits per heavy atom. The first kappa shape index (κ1) is 18.5. The second-order valence-corrected chi connectivity index (χ2v) is 7.65. The highest BCUT2D eigenvalue weighted by Gasteiger charge is 2.23. The normalized spacial score (nSPS) is 12.2. The highest BCUT2D eigenvalue weighted by molar-refractivity contribution is 9.10. The summed E-state index contributed by atoms with van der Waals surface area (Å²) in [5.41, 5.74) is 3.42. The number of hydrogen-bond donors (Lipinski definition) is 1. The first-order chi connectivity index (χ1) is 13.6. The maximum absolute atomic E-state index is 12.6. The molecule has 1 heterocycles. The van der Waals surface area contributed by atoms with E-state index in [2.05, 4.69) is 28.1 Å². The Labute approximate surface area is 171 Å². The molecule has 3 nitrogen and oxygen atoms in total. The summed E-state index contributed by atoms with van der Waals surface area (Å²) in [6, 6.07) is 23.3. The van der Waals surface area contributed by atoms with Gasteiger partial charge in [-0.2, -0.15) is 0 Å². The number of aromatic hydroxyl groups is 1. The van der Waals surface area contributed by atoms with Crippen LogP contribution in [0.3, 0.4) is 0 Å². The number of benzene rings is 3. The maximum Gasteiger partial charge on any atom is 0.343 e. The predicted molar refractivity (Wildman–Crippen MR) is 116 cm³/mol. The van der Waals surface area contributed by atoms with Crippen molar-refractivity contribution in [3.05, 3.63) is 98.8 Å². The lowest BCUT2D eigenvalue weighted by atomic mass is 9.88. The molecule has 4 heteroatoms. The molecule has 4 aromatic rings. The van der Waals surface area contributed by atoms with Crippen LogP contribution in [0, 0.1) is 0 Å². The molecule has 0 radical (unpaired) electrons. The van der Waals surface area contributed by atoms with Gasteiger partial charge in [-0.1, -0.05) is 71.4 Å². The van der Waals surface area contributed by atoms with Gasteiger partial charge in [-0.25, -0.2) is 4.79 Å². The minimum Gasteiger partial charge on any atom is -0.507 e. The highest BCUT2D eigenvalue weighted by atomic mass is 79.9. The quantitative estimate of drug-likeness (QED) is 0.374. The topological polar surface area (TPSA) is 50.4 Å². The van der Waals surface area contributed by atoms with Crippen LogP contribution >= 0.6 is 15.9 Å². The Morgan fingerprint density at radius 2 is 1.54 bits per heavy atom. The Morgan fingerprint density at radius 1 is 0.929 bits per heavy atom. The van der Waals surface area contributed by atoms with Gasteiger partial charge in [0.05, 0.1) is 10.9 Å². The van der Waals surface area contributed by atoms with Crippen molar-refractivity contribution in [2.45, 2.75) is 19.3 Å². The number of para-hydroxylation sites is 1. The van der Waals surface area contributed by atoms with E-state index in [0.29, 0.717) is 23.0 Å². The maximum atomic E-state index is 12.6. The van der Waals surface area contributed by atoms with E-state index in [4.69, 9.17) is 4.42 Å². The SMILES string of the molecule is CCC(c1ccc(-c2ccc(Br)cc2)cc1)c1c(O)c2ccccc2oc1=O. The summed E-state index contributed by atoms with van der Waals surface area (Å²) in [4.78, 5) is 12.6. The lowest BCUT2D eigenvalue weighted by Crippen LogP contribution is -2.13. The van der Waals surface area contributed by atoms with Crippen molar-refractivity contribution in [2.75, 3.05) is 0 Å². The van der Waals surface area contributed by atoms with Gasteiger partial charge in [0.15, 0.2) is 0 Å². The lowest BCUT2D eigenvalue weighted by Gasteiger charge is -2.17. The molecule has 140 valence electrons. The molecule has 1 atom stereocenters. The van der Waals surface area contributed by atoms with Gasteiger partial charge in [-0.15, -0.1) is 0 Å². The third kappa shape index (κ3) is 3.36. The van der Waals surface area contributed by atoms with Gasteiger partial charge < -0.3 is 9.52 Å². The van der Waals surface area contributed by atoms with Crippen molar-refractivity contribution in [3.8, 4) is 16.9 Å². The second-order valence-electron chi connectivity index (χ2n) is 6.74. The van der Waals surface area contributed by atoms with Crippen LogP contribution in [0.1, 0.15) is 30.4 Å². The van der Waals surface area contributed by atoms with Crippen LogP contribution in [0.4, 0.5) is 0 Å². The minimum absolute atomic E-state index is 0.00989. The summed E-state index contributed by atoms with van der Waals surface area (Å²) in [7, 11) is 0. The molecule has 3 aromatic carbocycles. The Balaban J connectivity index is 1.76. The molecule has 28 heavy (non-hydrogen) atoms. The van der Waals surface area contributed by atoms with E-state index in [-0.39, 0.29) is 11.7 Å². The van der Waals surface area contributed by atoms with Crippen LogP contribution in [0.2, 0.25) is 0 Å². The minimum atomic E-state index is -0.486. The zero-order valence-electron chi connectivity index (χ0n) is 15.4. The van der Waals surface area contributed by atoms with Crippen LogP contribution < -0.4 is 5.63 Å². The number of halogens is 1. The van der Waals surface area contributed by atoms with Crippen LogP contribution in [0.25, 0.3) is 22.1 Å². The van der Waals surface area contributed by atoms with Gasteiger partial charge in [-0.3, -0.25) is 0 Å². The third-order valence-electron chi connectivity index (χ3n) is 5.07. The average Bonchev–Trinajstić information content (AvgIpc) is 2.72. The summed E-state index contributed by atoms with van der Waals surface area (Å²) in [6.45, 7) is 2.00. The number of fused-ring (bicyclic) bond motifs is 1. The fourth-order valence-corrected chi connectivity index (χ4v) is 3.88. The molecule has 0 saturated heterocycles. The molecule has 0 fully saturated rings. The molecule has 0 saturated carbocycles. The van der Waals surface area contributed by atoms with E-state index in [0.717, 1.165) is 21.2 Å². The predicted octanol–water partition coefficient (Wildman–Crippen LogP) is 6.47. The van der Waals surface area contributed by atoms with Gasteiger partial charge in [-0.05, 0) is 47.4 Å². The van der Waals surface area contributed by atoms with E-state index in [1.54, 1.807) is 18.2 Å². The van der Waals surface area contributed by atoms with Crippen LogP contribution in [0.15, 0.2) is 86.5 Å². The van der Waals surface area contributed by atoms with Gasteiger partial charge in [0.1, 0.15) is 11.3 Å². The van der Waals surface area contributed by atoms with E-state index in [1.807, 2.05) is 49.4 Å². The summed E-state index contributed by atoms with van der Waals surface area (Å²) >= 11 is 3.45. The smallest absolute Gasteiger partial charge is 0.343 e. The number of hydrogen-bond acceptors (Lipinski definition) is 3. The lowest BCUT2D eigenvalue weighted by molar-refractivity contribution is 0.450. The fourth-order valence-electron chi connectivity index (χ4n) is 3.61. The van der Waals surface area contributed by atoms with Crippen molar-refractivity contribution in [2.24, 2.45) is 0 Å². The molecule has 0 aliphatic rings. The molecular formula is C24H19BrO3. The number of rotatable bonds is 4. The first-order valence-corrected chi connectivity index (χ1v) is 9.98. The first-order valence-electron chi connectivity index (χ1n) is 9.19. The Hall–Kier alpha value is -2.85. The molecule has 0 spiro atoms. The summed E-state index contributed by atoms with van der Waals surface area (Å²) in [5.74, 6) is -0.226. The zero-order chi connectivity index (χ0) is 19.7. The summed E-state index contributed by atoms with van der Waals surface area (Å²) in [6.07, 6.45) is 0.675. The third-order valence-corrected chi connectivity index (χ3v) is 5.60. The molecule has 0 aliphatic heterocycles.